The fraction of sp³-hybridized carbons (Fsp3) is 0.556. The standard InChI is InChI=1S/C18H25F2N3O2/c1-12(13-4-3-5-21-10-13)6-18(25)23(2)11-17(24)22-16-8-14(19)7-15(20)9-16/h7-9,12-13,21H,3-6,10-11H2,1-2H3,(H,22,24). The number of benzene rings is 1. The lowest BCUT2D eigenvalue weighted by molar-refractivity contribution is -0.134. The second-order valence-corrected chi connectivity index (χ2v) is 6.74. The van der Waals surface area contributed by atoms with Crippen LogP contribution in [0.5, 0.6) is 0 Å². The largest absolute Gasteiger partial charge is 0.336 e. The SMILES string of the molecule is CC(CC(=O)N(C)CC(=O)Nc1cc(F)cc(F)c1)C1CCCNC1. The molecule has 1 aliphatic rings. The third kappa shape index (κ3) is 6.08. The van der Waals surface area contributed by atoms with Crippen LogP contribution < -0.4 is 10.6 Å². The molecule has 2 N–H and O–H groups in total. The Bertz CT molecular complexity index is 598. The van der Waals surface area contributed by atoms with Gasteiger partial charge in [0.1, 0.15) is 11.6 Å². The molecule has 0 spiro atoms. The van der Waals surface area contributed by atoms with Crippen LogP contribution in [0, 0.1) is 23.5 Å². The zero-order valence-corrected chi connectivity index (χ0v) is 14.6. The highest BCUT2D eigenvalue weighted by Crippen LogP contribution is 2.23. The van der Waals surface area contributed by atoms with Crippen LogP contribution in [0.15, 0.2) is 18.2 Å². The van der Waals surface area contributed by atoms with Crippen molar-refractivity contribution in [1.29, 1.82) is 0 Å². The average Bonchev–Trinajstić information content (AvgIpc) is 2.54. The van der Waals surface area contributed by atoms with Crippen molar-refractivity contribution in [1.82, 2.24) is 10.2 Å². The predicted octanol–water partition coefficient (Wildman–Crippen LogP) is 2.39. The van der Waals surface area contributed by atoms with Gasteiger partial charge in [-0.25, -0.2) is 8.78 Å². The minimum absolute atomic E-state index is 0.0324. The van der Waals surface area contributed by atoms with E-state index in [9.17, 15) is 18.4 Å². The summed E-state index contributed by atoms with van der Waals surface area (Å²) in [6.07, 6.45) is 2.60. The molecule has 1 heterocycles. The van der Waals surface area contributed by atoms with E-state index in [-0.39, 0.29) is 24.1 Å². The molecular formula is C18H25F2N3O2. The summed E-state index contributed by atoms with van der Waals surface area (Å²) in [4.78, 5) is 25.6. The van der Waals surface area contributed by atoms with Crippen LogP contribution in [-0.4, -0.2) is 43.4 Å². The van der Waals surface area contributed by atoms with E-state index in [0.717, 1.165) is 44.1 Å². The first-order valence-electron chi connectivity index (χ1n) is 8.55. The van der Waals surface area contributed by atoms with Crippen molar-refractivity contribution in [2.45, 2.75) is 26.2 Å². The molecule has 25 heavy (non-hydrogen) atoms. The number of halogens is 2. The van der Waals surface area contributed by atoms with E-state index in [4.69, 9.17) is 0 Å². The van der Waals surface area contributed by atoms with Gasteiger partial charge < -0.3 is 15.5 Å². The van der Waals surface area contributed by atoms with E-state index in [1.807, 2.05) is 0 Å². The molecule has 2 amide bonds. The Morgan fingerprint density at radius 2 is 2.00 bits per heavy atom. The van der Waals surface area contributed by atoms with Gasteiger partial charge in [0.05, 0.1) is 6.54 Å². The number of piperidine rings is 1. The molecule has 2 rings (SSSR count). The van der Waals surface area contributed by atoms with Gasteiger partial charge in [0.2, 0.25) is 11.8 Å². The van der Waals surface area contributed by atoms with Gasteiger partial charge in [-0.2, -0.15) is 0 Å². The first kappa shape index (κ1) is 19.3. The van der Waals surface area contributed by atoms with E-state index in [0.29, 0.717) is 12.3 Å². The normalized spacial score (nSPS) is 18.5. The number of hydrogen-bond acceptors (Lipinski definition) is 3. The highest BCUT2D eigenvalue weighted by Gasteiger charge is 2.24. The van der Waals surface area contributed by atoms with E-state index < -0.39 is 17.5 Å². The minimum Gasteiger partial charge on any atom is -0.336 e. The van der Waals surface area contributed by atoms with Crippen LogP contribution in [0.1, 0.15) is 26.2 Å². The fourth-order valence-electron chi connectivity index (χ4n) is 3.09. The van der Waals surface area contributed by atoms with Crippen molar-refractivity contribution in [2.24, 2.45) is 11.8 Å². The summed E-state index contributed by atoms with van der Waals surface area (Å²) in [6, 6.07) is 2.79. The van der Waals surface area contributed by atoms with Crippen LogP contribution in [0.4, 0.5) is 14.5 Å². The summed E-state index contributed by atoms with van der Waals surface area (Å²) in [7, 11) is 1.56. The quantitative estimate of drug-likeness (QED) is 0.826. The summed E-state index contributed by atoms with van der Waals surface area (Å²) < 4.78 is 26.3. The molecule has 1 fully saturated rings. The zero-order chi connectivity index (χ0) is 18.4. The molecule has 0 saturated carbocycles. The van der Waals surface area contributed by atoms with Gasteiger partial charge in [0, 0.05) is 25.2 Å². The average molecular weight is 353 g/mol. The number of hydrogen-bond donors (Lipinski definition) is 2. The van der Waals surface area contributed by atoms with Gasteiger partial charge in [-0.05, 0) is 49.9 Å². The Labute approximate surface area is 146 Å². The lowest BCUT2D eigenvalue weighted by Gasteiger charge is -2.29. The van der Waals surface area contributed by atoms with Crippen molar-refractivity contribution in [3.8, 4) is 0 Å². The summed E-state index contributed by atoms with van der Waals surface area (Å²) in [6.45, 7) is 3.84. The van der Waals surface area contributed by atoms with Crippen molar-refractivity contribution < 1.29 is 18.4 Å². The van der Waals surface area contributed by atoms with Crippen molar-refractivity contribution in [3.05, 3.63) is 29.8 Å². The van der Waals surface area contributed by atoms with Gasteiger partial charge >= 0.3 is 0 Å². The molecule has 0 bridgehead atoms. The lowest BCUT2D eigenvalue weighted by Crippen LogP contribution is -2.38. The molecule has 5 nitrogen and oxygen atoms in total. The zero-order valence-electron chi connectivity index (χ0n) is 14.6. The predicted molar refractivity (Wildman–Crippen MR) is 92.0 cm³/mol. The molecule has 1 aromatic rings. The van der Waals surface area contributed by atoms with Gasteiger partial charge in [-0.15, -0.1) is 0 Å². The Morgan fingerprint density at radius 3 is 2.60 bits per heavy atom. The number of likely N-dealkylation sites (N-methyl/N-ethyl adjacent to an activating group) is 1. The Kier molecular flexibility index (Phi) is 6.87. The van der Waals surface area contributed by atoms with Gasteiger partial charge in [0.15, 0.2) is 0 Å². The third-order valence-electron chi connectivity index (χ3n) is 4.59. The van der Waals surface area contributed by atoms with Crippen LogP contribution in [0.25, 0.3) is 0 Å². The summed E-state index contributed by atoms with van der Waals surface area (Å²) in [5, 5.41) is 5.74. The molecule has 2 atom stereocenters. The van der Waals surface area contributed by atoms with Gasteiger partial charge in [-0.1, -0.05) is 6.92 Å². The lowest BCUT2D eigenvalue weighted by atomic mass is 9.85. The van der Waals surface area contributed by atoms with E-state index in [1.54, 1.807) is 7.05 Å². The first-order chi connectivity index (χ1) is 11.8. The van der Waals surface area contributed by atoms with E-state index >= 15 is 0 Å². The fourth-order valence-corrected chi connectivity index (χ4v) is 3.09. The number of nitrogens with one attached hydrogen (secondary N) is 2. The molecule has 138 valence electrons. The van der Waals surface area contributed by atoms with Crippen molar-refractivity contribution in [2.75, 3.05) is 32.0 Å². The number of carbonyl (C=O) groups is 2. The van der Waals surface area contributed by atoms with Crippen LogP contribution in [-0.2, 0) is 9.59 Å². The number of carbonyl (C=O) groups excluding carboxylic acids is 2. The maximum Gasteiger partial charge on any atom is 0.243 e. The molecule has 0 aromatic heterocycles. The highest BCUT2D eigenvalue weighted by molar-refractivity contribution is 5.94. The van der Waals surface area contributed by atoms with Crippen molar-refractivity contribution >= 4 is 17.5 Å². The topological polar surface area (TPSA) is 61.4 Å². The van der Waals surface area contributed by atoms with Gasteiger partial charge in [0.25, 0.3) is 0 Å². The first-order valence-corrected chi connectivity index (χ1v) is 8.55. The molecular weight excluding hydrogens is 328 g/mol. The molecule has 7 heteroatoms. The Morgan fingerprint density at radius 1 is 1.32 bits per heavy atom. The Balaban J connectivity index is 1.82. The molecule has 0 radical (unpaired) electrons. The maximum atomic E-state index is 13.1. The van der Waals surface area contributed by atoms with Crippen LogP contribution in [0.2, 0.25) is 0 Å². The second kappa shape index (κ2) is 8.89. The molecule has 1 aromatic carbocycles. The summed E-state index contributed by atoms with van der Waals surface area (Å²) >= 11 is 0. The maximum absolute atomic E-state index is 13.1. The number of nitrogens with zero attached hydrogens (tertiary/aromatic N) is 1. The van der Waals surface area contributed by atoms with Crippen LogP contribution >= 0.6 is 0 Å². The monoisotopic (exact) mass is 353 g/mol. The van der Waals surface area contributed by atoms with E-state index in [2.05, 4.69) is 17.6 Å². The third-order valence-corrected chi connectivity index (χ3v) is 4.59. The molecule has 1 aliphatic heterocycles. The molecule has 0 aliphatic carbocycles. The van der Waals surface area contributed by atoms with Gasteiger partial charge in [-0.3, -0.25) is 9.59 Å². The summed E-state index contributed by atoms with van der Waals surface area (Å²) in [5.74, 6) is -1.44. The smallest absolute Gasteiger partial charge is 0.243 e. The van der Waals surface area contributed by atoms with Crippen molar-refractivity contribution in [3.63, 3.8) is 0 Å². The summed E-state index contributed by atoms with van der Waals surface area (Å²) in [5.41, 5.74) is 0.0324. The van der Waals surface area contributed by atoms with E-state index in [1.165, 1.54) is 4.90 Å². The van der Waals surface area contributed by atoms with Crippen LogP contribution in [0.3, 0.4) is 0 Å². The number of rotatable bonds is 6. The number of amides is 2. The second-order valence-electron chi connectivity index (χ2n) is 6.74. The Hall–Kier alpha value is -2.02. The molecule has 1 saturated heterocycles. The number of anilines is 1. The highest BCUT2D eigenvalue weighted by atomic mass is 19.1. The minimum atomic E-state index is -0.769. The molecule has 2 unspecified atom stereocenters.